The van der Waals surface area contributed by atoms with Crippen LogP contribution in [0.2, 0.25) is 4.34 Å². The van der Waals surface area contributed by atoms with Gasteiger partial charge in [0, 0.05) is 18.0 Å². The summed E-state index contributed by atoms with van der Waals surface area (Å²) in [5, 5.41) is 2.90. The fraction of sp³-hybridized carbons (Fsp3) is 0.583. The molecule has 0 atom stereocenters. The molecule has 0 unspecified atom stereocenters. The van der Waals surface area contributed by atoms with Crippen LogP contribution < -0.4 is 5.32 Å². The van der Waals surface area contributed by atoms with Gasteiger partial charge in [-0.1, -0.05) is 24.9 Å². The zero-order valence-electron chi connectivity index (χ0n) is 10.3. The largest absolute Gasteiger partial charge is 0.355 e. The van der Waals surface area contributed by atoms with Crippen molar-refractivity contribution < 1.29 is 4.79 Å². The maximum Gasteiger partial charge on any atom is 0.234 e. The Morgan fingerprint density at radius 2 is 2.29 bits per heavy atom. The van der Waals surface area contributed by atoms with Gasteiger partial charge in [-0.3, -0.25) is 9.69 Å². The van der Waals surface area contributed by atoms with E-state index in [1.54, 1.807) is 11.3 Å². The van der Waals surface area contributed by atoms with E-state index in [2.05, 4.69) is 12.2 Å². The number of rotatable bonds is 7. The summed E-state index contributed by atoms with van der Waals surface area (Å²) in [6.07, 6.45) is 2.14. The predicted octanol–water partition coefficient (Wildman–Crippen LogP) is 2.75. The van der Waals surface area contributed by atoms with Crippen molar-refractivity contribution in [3.8, 4) is 0 Å². The summed E-state index contributed by atoms with van der Waals surface area (Å²) in [6.45, 7) is 4.07. The first-order valence-electron chi connectivity index (χ1n) is 5.81. The number of thiophene rings is 1. The number of hydrogen-bond acceptors (Lipinski definition) is 3. The predicted molar refractivity (Wildman–Crippen MR) is 73.6 cm³/mol. The minimum absolute atomic E-state index is 0.0867. The number of likely N-dealkylation sites (N-methyl/N-ethyl adjacent to an activating group) is 1. The molecule has 1 amide bonds. The Hall–Kier alpha value is -0.580. The number of carbonyl (C=O) groups excluding carboxylic acids is 1. The van der Waals surface area contributed by atoms with Gasteiger partial charge in [0.1, 0.15) is 0 Å². The molecule has 0 spiro atoms. The first kappa shape index (κ1) is 14.5. The zero-order valence-corrected chi connectivity index (χ0v) is 11.9. The van der Waals surface area contributed by atoms with Crippen LogP contribution in [0, 0.1) is 0 Å². The first-order valence-corrected chi connectivity index (χ1v) is 7.00. The molecule has 1 N–H and O–H groups in total. The van der Waals surface area contributed by atoms with Gasteiger partial charge in [-0.25, -0.2) is 0 Å². The van der Waals surface area contributed by atoms with Crippen molar-refractivity contribution in [3.63, 3.8) is 0 Å². The summed E-state index contributed by atoms with van der Waals surface area (Å²) in [5.41, 5.74) is 0. The van der Waals surface area contributed by atoms with Gasteiger partial charge in [0.2, 0.25) is 5.91 Å². The molecule has 0 aliphatic heterocycles. The molecule has 1 aromatic rings. The molecule has 0 radical (unpaired) electrons. The van der Waals surface area contributed by atoms with Gasteiger partial charge in [-0.2, -0.15) is 0 Å². The monoisotopic (exact) mass is 274 g/mol. The van der Waals surface area contributed by atoms with Gasteiger partial charge >= 0.3 is 0 Å². The summed E-state index contributed by atoms with van der Waals surface area (Å²) >= 11 is 7.41. The van der Waals surface area contributed by atoms with Crippen LogP contribution in [0.15, 0.2) is 12.1 Å². The van der Waals surface area contributed by atoms with E-state index in [1.807, 2.05) is 24.1 Å². The van der Waals surface area contributed by atoms with Crippen molar-refractivity contribution in [3.05, 3.63) is 21.3 Å². The van der Waals surface area contributed by atoms with Crippen LogP contribution in [0.5, 0.6) is 0 Å². The number of nitrogens with zero attached hydrogens (tertiary/aromatic N) is 1. The minimum atomic E-state index is 0.0867. The number of hydrogen-bond donors (Lipinski definition) is 1. The van der Waals surface area contributed by atoms with E-state index in [4.69, 9.17) is 11.6 Å². The Morgan fingerprint density at radius 1 is 1.53 bits per heavy atom. The lowest BCUT2D eigenvalue weighted by Gasteiger charge is -2.15. The lowest BCUT2D eigenvalue weighted by molar-refractivity contribution is -0.122. The van der Waals surface area contributed by atoms with Gasteiger partial charge in [-0.15, -0.1) is 11.3 Å². The number of unbranched alkanes of at least 4 members (excludes halogenated alkanes) is 1. The number of halogens is 1. The van der Waals surface area contributed by atoms with E-state index in [9.17, 15) is 4.79 Å². The standard InChI is InChI=1S/C12H19ClN2OS/c1-3-4-7-14-12(16)9-15(2)8-10-5-6-11(13)17-10/h5-6H,3-4,7-9H2,1-2H3,(H,14,16). The average molecular weight is 275 g/mol. The van der Waals surface area contributed by atoms with Crippen LogP contribution in [-0.4, -0.2) is 30.9 Å². The second-order valence-corrected chi connectivity index (χ2v) is 5.88. The van der Waals surface area contributed by atoms with Crippen molar-refractivity contribution >= 4 is 28.8 Å². The maximum absolute atomic E-state index is 11.5. The van der Waals surface area contributed by atoms with Crippen molar-refractivity contribution in [2.45, 2.75) is 26.3 Å². The van der Waals surface area contributed by atoms with Crippen LogP contribution in [-0.2, 0) is 11.3 Å². The van der Waals surface area contributed by atoms with Crippen molar-refractivity contribution in [2.24, 2.45) is 0 Å². The van der Waals surface area contributed by atoms with Gasteiger partial charge < -0.3 is 5.32 Å². The molecule has 0 saturated carbocycles. The Bertz CT molecular complexity index is 354. The van der Waals surface area contributed by atoms with Crippen molar-refractivity contribution in [1.29, 1.82) is 0 Å². The molecule has 1 heterocycles. The van der Waals surface area contributed by atoms with Crippen LogP contribution >= 0.6 is 22.9 Å². The van der Waals surface area contributed by atoms with Gasteiger partial charge in [-0.05, 0) is 25.6 Å². The molecule has 0 aromatic carbocycles. The highest BCUT2D eigenvalue weighted by Gasteiger charge is 2.07. The SMILES string of the molecule is CCCCNC(=O)CN(C)Cc1ccc(Cl)s1. The maximum atomic E-state index is 11.5. The molecule has 17 heavy (non-hydrogen) atoms. The second kappa shape index (κ2) is 7.69. The molecular formula is C12H19ClN2OS. The highest BCUT2D eigenvalue weighted by atomic mass is 35.5. The summed E-state index contributed by atoms with van der Waals surface area (Å²) < 4.78 is 0.792. The summed E-state index contributed by atoms with van der Waals surface area (Å²) in [4.78, 5) is 14.7. The van der Waals surface area contributed by atoms with E-state index in [1.165, 1.54) is 4.88 Å². The lowest BCUT2D eigenvalue weighted by atomic mass is 10.3. The average Bonchev–Trinajstić information content (AvgIpc) is 2.64. The zero-order chi connectivity index (χ0) is 12.7. The highest BCUT2D eigenvalue weighted by Crippen LogP contribution is 2.22. The Labute approximate surface area is 112 Å². The Balaban J connectivity index is 2.24. The van der Waals surface area contributed by atoms with E-state index >= 15 is 0 Å². The number of nitrogens with one attached hydrogen (secondary N) is 1. The van der Waals surface area contributed by atoms with Gasteiger partial charge in [0.15, 0.2) is 0 Å². The van der Waals surface area contributed by atoms with Crippen LogP contribution in [0.4, 0.5) is 0 Å². The van der Waals surface area contributed by atoms with Crippen molar-refractivity contribution in [1.82, 2.24) is 10.2 Å². The molecule has 1 aromatic heterocycles. The topological polar surface area (TPSA) is 32.3 Å². The lowest BCUT2D eigenvalue weighted by Crippen LogP contribution is -2.35. The van der Waals surface area contributed by atoms with Crippen LogP contribution in [0.3, 0.4) is 0 Å². The third-order valence-corrected chi connectivity index (χ3v) is 3.54. The summed E-state index contributed by atoms with van der Waals surface area (Å²) in [5.74, 6) is 0.0867. The Kier molecular flexibility index (Phi) is 6.55. The van der Waals surface area contributed by atoms with E-state index < -0.39 is 0 Å². The Morgan fingerprint density at radius 3 is 2.88 bits per heavy atom. The molecule has 1 rings (SSSR count). The molecule has 0 aliphatic carbocycles. The number of carbonyl (C=O) groups is 1. The third-order valence-electron chi connectivity index (χ3n) is 2.32. The van der Waals surface area contributed by atoms with Gasteiger partial charge in [0.05, 0.1) is 10.9 Å². The molecule has 0 fully saturated rings. The van der Waals surface area contributed by atoms with E-state index in [0.717, 1.165) is 30.3 Å². The van der Waals surface area contributed by atoms with Gasteiger partial charge in [0.25, 0.3) is 0 Å². The van der Waals surface area contributed by atoms with Crippen molar-refractivity contribution in [2.75, 3.05) is 20.1 Å². The molecule has 96 valence electrons. The van der Waals surface area contributed by atoms with Crippen LogP contribution in [0.25, 0.3) is 0 Å². The molecule has 0 saturated heterocycles. The van der Waals surface area contributed by atoms with E-state index in [-0.39, 0.29) is 5.91 Å². The normalized spacial score (nSPS) is 10.8. The molecule has 0 aliphatic rings. The third kappa shape index (κ3) is 6.05. The first-order chi connectivity index (χ1) is 8.11. The second-order valence-electron chi connectivity index (χ2n) is 4.08. The summed E-state index contributed by atoms with van der Waals surface area (Å²) in [6, 6.07) is 3.88. The van der Waals surface area contributed by atoms with E-state index in [0.29, 0.717) is 6.54 Å². The quantitative estimate of drug-likeness (QED) is 0.776. The fourth-order valence-electron chi connectivity index (χ4n) is 1.46. The van der Waals surface area contributed by atoms with Crippen LogP contribution in [0.1, 0.15) is 24.6 Å². The number of amides is 1. The fourth-order valence-corrected chi connectivity index (χ4v) is 2.63. The molecule has 0 bridgehead atoms. The molecule has 3 nitrogen and oxygen atoms in total. The minimum Gasteiger partial charge on any atom is -0.355 e. The highest BCUT2D eigenvalue weighted by molar-refractivity contribution is 7.16. The molecule has 5 heteroatoms. The molecular weight excluding hydrogens is 256 g/mol. The smallest absolute Gasteiger partial charge is 0.234 e. The summed E-state index contributed by atoms with van der Waals surface area (Å²) in [7, 11) is 1.94.